The number of amides is 2. The summed E-state index contributed by atoms with van der Waals surface area (Å²) in [5.74, 6) is 0.479. The van der Waals surface area contributed by atoms with Crippen molar-refractivity contribution in [3.63, 3.8) is 0 Å². The Bertz CT molecular complexity index is 830. The van der Waals surface area contributed by atoms with Crippen LogP contribution < -0.4 is 4.74 Å². The molecule has 27 heavy (non-hydrogen) atoms. The summed E-state index contributed by atoms with van der Waals surface area (Å²) in [6, 6.07) is 10.8. The van der Waals surface area contributed by atoms with Crippen molar-refractivity contribution < 1.29 is 14.3 Å². The summed E-state index contributed by atoms with van der Waals surface area (Å²) >= 11 is 10.8. The number of nitrogens with zero attached hydrogens (tertiary/aromatic N) is 2. The number of hydrogen-bond acceptors (Lipinski definition) is 4. The van der Waals surface area contributed by atoms with Gasteiger partial charge in [-0.3, -0.25) is 9.59 Å². The quantitative estimate of drug-likeness (QED) is 0.624. The van der Waals surface area contributed by atoms with E-state index in [1.807, 2.05) is 18.2 Å². The van der Waals surface area contributed by atoms with Gasteiger partial charge >= 0.3 is 0 Å². The van der Waals surface area contributed by atoms with Crippen LogP contribution in [0.3, 0.4) is 0 Å². The monoisotopic (exact) mass is 468 g/mol. The molecule has 2 amide bonds. The molecule has 1 aliphatic rings. The summed E-state index contributed by atoms with van der Waals surface area (Å²) < 4.78 is 6.53. The Morgan fingerprint density at radius 1 is 1.07 bits per heavy atom. The summed E-state index contributed by atoms with van der Waals surface area (Å²) in [5, 5.41) is 0.621. The number of thiophene rings is 1. The van der Waals surface area contributed by atoms with Crippen molar-refractivity contribution in [2.24, 2.45) is 0 Å². The molecule has 142 valence electrons. The van der Waals surface area contributed by atoms with E-state index in [1.54, 1.807) is 51.5 Å². The molecule has 0 radical (unpaired) electrons. The van der Waals surface area contributed by atoms with Gasteiger partial charge in [0.2, 0.25) is 5.91 Å². The molecule has 0 bridgehead atoms. The van der Waals surface area contributed by atoms with Crippen LogP contribution >= 0.6 is 38.9 Å². The van der Waals surface area contributed by atoms with E-state index in [1.165, 1.54) is 0 Å². The normalized spacial score (nSPS) is 14.6. The van der Waals surface area contributed by atoms with Gasteiger partial charge in [0.15, 0.2) is 6.61 Å². The van der Waals surface area contributed by atoms with Gasteiger partial charge < -0.3 is 14.5 Å². The Morgan fingerprint density at radius 3 is 2.37 bits per heavy atom. The summed E-state index contributed by atoms with van der Waals surface area (Å²) in [6.45, 7) is 2.02. The molecule has 1 aromatic heterocycles. The molecule has 1 aromatic carbocycles. The van der Waals surface area contributed by atoms with E-state index in [-0.39, 0.29) is 18.4 Å². The molecule has 0 unspecified atom stereocenters. The van der Waals surface area contributed by atoms with Crippen LogP contribution in [0.1, 0.15) is 4.88 Å². The SMILES string of the molecule is O=C(/C=C/c1ccc(Br)s1)N1CCN(C(=O)COc2ccc(Cl)cc2)CC1. The first-order chi connectivity index (χ1) is 13.0. The van der Waals surface area contributed by atoms with Crippen LogP contribution in [0.5, 0.6) is 5.75 Å². The molecular formula is C19H18BrClN2O3S. The third-order valence-electron chi connectivity index (χ3n) is 4.10. The summed E-state index contributed by atoms with van der Waals surface area (Å²) in [4.78, 5) is 29.1. The fourth-order valence-electron chi connectivity index (χ4n) is 2.62. The summed E-state index contributed by atoms with van der Waals surface area (Å²) in [5.41, 5.74) is 0. The maximum absolute atomic E-state index is 12.3. The zero-order valence-corrected chi connectivity index (χ0v) is 17.6. The second-order valence-electron chi connectivity index (χ2n) is 5.92. The maximum Gasteiger partial charge on any atom is 0.260 e. The Balaban J connectivity index is 1.43. The largest absolute Gasteiger partial charge is 0.484 e. The number of halogens is 2. The Kier molecular flexibility index (Phi) is 6.93. The molecular weight excluding hydrogens is 452 g/mol. The molecule has 0 spiro atoms. The van der Waals surface area contributed by atoms with Crippen molar-refractivity contribution in [2.75, 3.05) is 32.8 Å². The Hall–Kier alpha value is -1.83. The van der Waals surface area contributed by atoms with Crippen LogP contribution in [-0.2, 0) is 9.59 Å². The van der Waals surface area contributed by atoms with Gasteiger partial charge in [0.25, 0.3) is 5.91 Å². The molecule has 0 atom stereocenters. The molecule has 2 heterocycles. The van der Waals surface area contributed by atoms with Crippen molar-refractivity contribution in [3.8, 4) is 5.75 Å². The average Bonchev–Trinajstić information content (AvgIpc) is 3.11. The van der Waals surface area contributed by atoms with Gasteiger partial charge in [0, 0.05) is 42.2 Å². The topological polar surface area (TPSA) is 49.9 Å². The van der Waals surface area contributed by atoms with Gasteiger partial charge in [-0.05, 0) is 58.4 Å². The van der Waals surface area contributed by atoms with Crippen molar-refractivity contribution in [2.45, 2.75) is 0 Å². The first-order valence-electron chi connectivity index (χ1n) is 8.40. The van der Waals surface area contributed by atoms with Gasteiger partial charge in [-0.15, -0.1) is 11.3 Å². The minimum Gasteiger partial charge on any atom is -0.484 e. The smallest absolute Gasteiger partial charge is 0.260 e. The minimum absolute atomic E-state index is 0.0251. The summed E-state index contributed by atoms with van der Waals surface area (Å²) in [6.07, 6.45) is 3.40. The van der Waals surface area contributed by atoms with E-state index in [9.17, 15) is 9.59 Å². The lowest BCUT2D eigenvalue weighted by atomic mass is 10.3. The average molecular weight is 470 g/mol. The van der Waals surface area contributed by atoms with Gasteiger partial charge in [-0.25, -0.2) is 0 Å². The third-order valence-corrected chi connectivity index (χ3v) is 5.95. The fraction of sp³-hybridized carbons (Fsp3) is 0.263. The van der Waals surface area contributed by atoms with E-state index in [4.69, 9.17) is 16.3 Å². The number of carbonyl (C=O) groups excluding carboxylic acids is 2. The molecule has 2 aromatic rings. The van der Waals surface area contributed by atoms with Crippen molar-refractivity contribution in [1.82, 2.24) is 9.80 Å². The van der Waals surface area contributed by atoms with Gasteiger partial charge in [-0.1, -0.05) is 11.6 Å². The standard InChI is InChI=1S/C19H18BrClN2O3S/c20-17-7-5-16(27-17)6-8-18(24)22-9-11-23(12-10-22)19(25)13-26-15-3-1-14(21)2-4-15/h1-8H,9-13H2/b8-6+. The zero-order chi connectivity index (χ0) is 19.2. The molecule has 0 aliphatic carbocycles. The van der Waals surface area contributed by atoms with Crippen LogP contribution in [0.25, 0.3) is 6.08 Å². The van der Waals surface area contributed by atoms with Gasteiger partial charge in [-0.2, -0.15) is 0 Å². The van der Waals surface area contributed by atoms with Crippen LogP contribution in [-0.4, -0.2) is 54.4 Å². The van der Waals surface area contributed by atoms with Crippen LogP contribution in [0.2, 0.25) is 5.02 Å². The van der Waals surface area contributed by atoms with Gasteiger partial charge in [0.05, 0.1) is 3.79 Å². The lowest BCUT2D eigenvalue weighted by Gasteiger charge is -2.34. The minimum atomic E-state index is -0.0870. The summed E-state index contributed by atoms with van der Waals surface area (Å²) in [7, 11) is 0. The molecule has 3 rings (SSSR count). The maximum atomic E-state index is 12.3. The van der Waals surface area contributed by atoms with E-state index in [0.29, 0.717) is 37.0 Å². The fourth-order valence-corrected chi connectivity index (χ4v) is 4.07. The number of benzene rings is 1. The number of ether oxygens (including phenoxy) is 1. The lowest BCUT2D eigenvalue weighted by Crippen LogP contribution is -2.51. The van der Waals surface area contributed by atoms with E-state index in [2.05, 4.69) is 15.9 Å². The Labute approximate surface area is 175 Å². The van der Waals surface area contributed by atoms with Crippen molar-refractivity contribution >= 4 is 56.8 Å². The molecule has 5 nitrogen and oxygen atoms in total. The molecule has 0 saturated carbocycles. The molecule has 0 N–H and O–H groups in total. The van der Waals surface area contributed by atoms with Gasteiger partial charge in [0.1, 0.15) is 5.75 Å². The predicted molar refractivity (Wildman–Crippen MR) is 111 cm³/mol. The number of carbonyl (C=O) groups is 2. The molecule has 1 saturated heterocycles. The first-order valence-corrected chi connectivity index (χ1v) is 10.4. The molecule has 8 heteroatoms. The lowest BCUT2D eigenvalue weighted by molar-refractivity contribution is -0.138. The highest BCUT2D eigenvalue weighted by Gasteiger charge is 2.23. The van der Waals surface area contributed by atoms with Crippen LogP contribution in [0.15, 0.2) is 46.3 Å². The van der Waals surface area contributed by atoms with Crippen LogP contribution in [0.4, 0.5) is 0 Å². The van der Waals surface area contributed by atoms with E-state index in [0.717, 1.165) is 8.66 Å². The second-order valence-corrected chi connectivity index (χ2v) is 8.85. The number of hydrogen-bond donors (Lipinski definition) is 0. The third kappa shape index (κ3) is 5.82. The second kappa shape index (κ2) is 9.39. The molecule has 1 aliphatic heterocycles. The predicted octanol–water partition coefficient (Wildman–Crippen LogP) is 3.93. The van der Waals surface area contributed by atoms with E-state index < -0.39 is 0 Å². The van der Waals surface area contributed by atoms with Crippen molar-refractivity contribution in [1.29, 1.82) is 0 Å². The van der Waals surface area contributed by atoms with Crippen LogP contribution in [0, 0.1) is 0 Å². The molecule has 1 fully saturated rings. The Morgan fingerprint density at radius 2 is 1.74 bits per heavy atom. The first kappa shape index (κ1) is 19.9. The van der Waals surface area contributed by atoms with E-state index >= 15 is 0 Å². The van der Waals surface area contributed by atoms with Crippen molar-refractivity contribution in [3.05, 3.63) is 56.2 Å². The zero-order valence-electron chi connectivity index (χ0n) is 14.4. The highest BCUT2D eigenvalue weighted by molar-refractivity contribution is 9.11. The number of piperazine rings is 1. The number of rotatable bonds is 5. The highest BCUT2D eigenvalue weighted by atomic mass is 79.9. The highest BCUT2D eigenvalue weighted by Crippen LogP contribution is 2.23.